The number of nitrogens with zero attached hydrogens (tertiary/aromatic N) is 2. The molecule has 1 aromatic heterocycles. The monoisotopic (exact) mass is 364 g/mol. The molecule has 2 aromatic rings. The van der Waals surface area contributed by atoms with Gasteiger partial charge in [0.15, 0.2) is 0 Å². The van der Waals surface area contributed by atoms with E-state index in [0.717, 1.165) is 10.0 Å². The third-order valence-electron chi connectivity index (χ3n) is 2.33. The highest BCUT2D eigenvalue weighted by molar-refractivity contribution is 9.10. The van der Waals surface area contributed by atoms with Crippen LogP contribution in [0.2, 0.25) is 10.3 Å². The zero-order valence-electron chi connectivity index (χ0n) is 9.29. The number of hydrogen-bond donors (Lipinski definition) is 0. The van der Waals surface area contributed by atoms with Crippen LogP contribution in [0.15, 0.2) is 28.7 Å². The summed E-state index contributed by atoms with van der Waals surface area (Å²) in [6.07, 6.45) is 0. The minimum Gasteiger partial charge on any atom is -0.219 e. The number of alkyl halides is 1. The molecule has 6 heteroatoms. The molecule has 0 bridgehead atoms. The van der Waals surface area contributed by atoms with Gasteiger partial charge in [0.1, 0.15) is 16.1 Å². The van der Waals surface area contributed by atoms with Gasteiger partial charge in [-0.2, -0.15) is 0 Å². The van der Waals surface area contributed by atoms with Gasteiger partial charge in [0.25, 0.3) is 0 Å². The second-order valence-corrected chi connectivity index (χ2v) is 5.95. The van der Waals surface area contributed by atoms with Crippen LogP contribution in [-0.2, 0) is 0 Å². The van der Waals surface area contributed by atoms with Crippen molar-refractivity contribution >= 4 is 50.7 Å². The maximum absolute atomic E-state index is 6.15. The minimum atomic E-state index is -0.334. The van der Waals surface area contributed by atoms with Gasteiger partial charge < -0.3 is 0 Å². The number of benzene rings is 1. The molecule has 1 atom stereocenters. The van der Waals surface area contributed by atoms with E-state index >= 15 is 0 Å². The zero-order chi connectivity index (χ0) is 13.3. The molecular weight excluding hydrogens is 358 g/mol. The fourth-order valence-electron chi connectivity index (χ4n) is 1.46. The molecule has 0 N–H and O–H groups in total. The van der Waals surface area contributed by atoms with Crippen LogP contribution < -0.4 is 0 Å². The standard InChI is InChI=1S/C12H8BrCl3N2/c1-6(14)12-17-10(15)9(11(16)18-12)7-2-4-8(13)5-3-7/h2-6H,1H3. The Morgan fingerprint density at radius 3 is 2.00 bits per heavy atom. The lowest BCUT2D eigenvalue weighted by atomic mass is 10.1. The van der Waals surface area contributed by atoms with E-state index in [1.807, 2.05) is 24.3 Å². The normalized spacial score (nSPS) is 12.5. The lowest BCUT2D eigenvalue weighted by Gasteiger charge is -2.09. The van der Waals surface area contributed by atoms with Crippen molar-refractivity contribution in [2.45, 2.75) is 12.3 Å². The molecule has 2 rings (SSSR count). The van der Waals surface area contributed by atoms with Gasteiger partial charge in [-0.05, 0) is 24.6 Å². The quantitative estimate of drug-likeness (QED) is 0.517. The van der Waals surface area contributed by atoms with Crippen molar-refractivity contribution in [3.8, 4) is 11.1 Å². The second-order valence-electron chi connectivity index (χ2n) is 3.66. The Balaban J connectivity index is 2.55. The molecule has 0 radical (unpaired) electrons. The summed E-state index contributed by atoms with van der Waals surface area (Å²) in [5, 5.41) is 0.276. The van der Waals surface area contributed by atoms with Crippen molar-refractivity contribution in [2.75, 3.05) is 0 Å². The highest BCUT2D eigenvalue weighted by Crippen LogP contribution is 2.34. The van der Waals surface area contributed by atoms with E-state index in [1.165, 1.54) is 0 Å². The predicted octanol–water partition coefficient (Wildman–Crippen LogP) is 5.51. The van der Waals surface area contributed by atoms with Gasteiger partial charge in [0, 0.05) is 4.47 Å². The molecular formula is C12H8BrCl3N2. The number of aromatic nitrogens is 2. The van der Waals surface area contributed by atoms with Crippen LogP contribution >= 0.6 is 50.7 Å². The first-order valence-electron chi connectivity index (χ1n) is 5.12. The second kappa shape index (κ2) is 5.74. The van der Waals surface area contributed by atoms with Crippen molar-refractivity contribution in [1.82, 2.24) is 9.97 Å². The van der Waals surface area contributed by atoms with E-state index < -0.39 is 0 Å². The minimum absolute atomic E-state index is 0.305. The molecule has 94 valence electrons. The Labute approximate surface area is 128 Å². The van der Waals surface area contributed by atoms with E-state index in [2.05, 4.69) is 25.9 Å². The van der Waals surface area contributed by atoms with E-state index in [0.29, 0.717) is 21.7 Å². The van der Waals surface area contributed by atoms with Crippen LogP contribution in [0.3, 0.4) is 0 Å². The molecule has 0 aliphatic rings. The molecule has 0 saturated heterocycles. The molecule has 0 aliphatic carbocycles. The van der Waals surface area contributed by atoms with Crippen LogP contribution in [0.1, 0.15) is 18.1 Å². The third-order valence-corrected chi connectivity index (χ3v) is 3.60. The lowest BCUT2D eigenvalue weighted by Crippen LogP contribution is -1.98. The van der Waals surface area contributed by atoms with Crippen molar-refractivity contribution in [1.29, 1.82) is 0 Å². The van der Waals surface area contributed by atoms with Crippen LogP contribution in [-0.4, -0.2) is 9.97 Å². The average molecular weight is 366 g/mol. The summed E-state index contributed by atoms with van der Waals surface area (Å²) >= 11 is 21.6. The summed E-state index contributed by atoms with van der Waals surface area (Å²) in [6.45, 7) is 1.77. The summed E-state index contributed by atoms with van der Waals surface area (Å²) in [7, 11) is 0. The molecule has 0 amide bonds. The van der Waals surface area contributed by atoms with Crippen LogP contribution in [0, 0.1) is 0 Å². The zero-order valence-corrected chi connectivity index (χ0v) is 13.1. The average Bonchev–Trinajstić information content (AvgIpc) is 2.30. The van der Waals surface area contributed by atoms with Gasteiger partial charge in [0.05, 0.1) is 10.9 Å². The molecule has 0 saturated carbocycles. The van der Waals surface area contributed by atoms with Gasteiger partial charge in [-0.3, -0.25) is 0 Å². The molecule has 0 fully saturated rings. The first kappa shape index (κ1) is 14.1. The molecule has 1 aromatic carbocycles. The van der Waals surface area contributed by atoms with Gasteiger partial charge in [-0.25, -0.2) is 9.97 Å². The fourth-order valence-corrected chi connectivity index (χ4v) is 2.44. The van der Waals surface area contributed by atoms with E-state index in [-0.39, 0.29) is 5.38 Å². The summed E-state index contributed by atoms with van der Waals surface area (Å²) in [6, 6.07) is 7.59. The first-order chi connectivity index (χ1) is 8.49. The summed E-state index contributed by atoms with van der Waals surface area (Å²) in [4.78, 5) is 8.32. The largest absolute Gasteiger partial charge is 0.219 e. The third kappa shape index (κ3) is 2.97. The Kier molecular flexibility index (Phi) is 4.49. The lowest BCUT2D eigenvalue weighted by molar-refractivity contribution is 0.912. The number of halogens is 4. The topological polar surface area (TPSA) is 25.8 Å². The van der Waals surface area contributed by atoms with Crippen molar-refractivity contribution in [3.05, 3.63) is 44.9 Å². The van der Waals surface area contributed by atoms with E-state index in [4.69, 9.17) is 34.8 Å². The maximum Gasteiger partial charge on any atom is 0.149 e. The SMILES string of the molecule is CC(Cl)c1nc(Cl)c(-c2ccc(Br)cc2)c(Cl)n1. The first-order valence-corrected chi connectivity index (χ1v) is 7.10. The Hall–Kier alpha value is -0.350. The van der Waals surface area contributed by atoms with Crippen molar-refractivity contribution in [3.63, 3.8) is 0 Å². The summed E-state index contributed by atoms with van der Waals surface area (Å²) in [5.74, 6) is 0.424. The van der Waals surface area contributed by atoms with Gasteiger partial charge in [0.2, 0.25) is 0 Å². The van der Waals surface area contributed by atoms with Crippen LogP contribution in [0.25, 0.3) is 11.1 Å². The van der Waals surface area contributed by atoms with Crippen LogP contribution in [0.4, 0.5) is 0 Å². The Morgan fingerprint density at radius 1 is 1.06 bits per heavy atom. The van der Waals surface area contributed by atoms with Gasteiger partial charge in [-0.15, -0.1) is 11.6 Å². The van der Waals surface area contributed by atoms with Crippen molar-refractivity contribution in [2.24, 2.45) is 0 Å². The molecule has 1 heterocycles. The molecule has 1 unspecified atom stereocenters. The van der Waals surface area contributed by atoms with E-state index in [9.17, 15) is 0 Å². The van der Waals surface area contributed by atoms with Gasteiger partial charge >= 0.3 is 0 Å². The Bertz CT molecular complexity index is 547. The Morgan fingerprint density at radius 2 is 1.56 bits per heavy atom. The highest BCUT2D eigenvalue weighted by Gasteiger charge is 2.15. The molecule has 18 heavy (non-hydrogen) atoms. The molecule has 2 nitrogen and oxygen atoms in total. The molecule has 0 aliphatic heterocycles. The van der Waals surface area contributed by atoms with Gasteiger partial charge in [-0.1, -0.05) is 51.3 Å². The van der Waals surface area contributed by atoms with E-state index in [1.54, 1.807) is 6.92 Å². The highest BCUT2D eigenvalue weighted by atomic mass is 79.9. The number of hydrogen-bond acceptors (Lipinski definition) is 2. The predicted molar refractivity (Wildman–Crippen MR) is 79.5 cm³/mol. The van der Waals surface area contributed by atoms with Crippen molar-refractivity contribution < 1.29 is 0 Å². The smallest absolute Gasteiger partial charge is 0.149 e. The maximum atomic E-state index is 6.15. The summed E-state index contributed by atoms with van der Waals surface area (Å²) < 4.78 is 0.977. The fraction of sp³-hybridized carbons (Fsp3) is 0.167. The summed E-state index contributed by atoms with van der Waals surface area (Å²) in [5.41, 5.74) is 1.48. The van der Waals surface area contributed by atoms with Crippen LogP contribution in [0.5, 0.6) is 0 Å². The molecule has 0 spiro atoms. The number of rotatable bonds is 2.